The summed E-state index contributed by atoms with van der Waals surface area (Å²) < 4.78 is 26.9. The summed E-state index contributed by atoms with van der Waals surface area (Å²) in [6.07, 6.45) is 0.666. The normalized spacial score (nSPS) is 11.7. The molecule has 1 aromatic carbocycles. The average Bonchev–Trinajstić information content (AvgIpc) is 2.88. The first-order valence-electron chi connectivity index (χ1n) is 5.98. The number of thiophene rings is 1. The summed E-state index contributed by atoms with van der Waals surface area (Å²) in [6, 6.07) is 6.82. The number of halogens is 1. The maximum absolute atomic E-state index is 12.2. The number of aryl methyl sites for hydroxylation is 1. The minimum absolute atomic E-state index is 0.142. The van der Waals surface area contributed by atoms with E-state index in [1.165, 1.54) is 12.1 Å². The van der Waals surface area contributed by atoms with Crippen molar-refractivity contribution >= 4 is 38.6 Å². The monoisotopic (exact) mass is 330 g/mol. The molecule has 0 amide bonds. The Hall–Kier alpha value is -1.08. The molecule has 20 heavy (non-hydrogen) atoms. The fraction of sp³-hybridized carbons (Fsp3) is 0.231. The molecule has 7 heteroatoms. The number of nitrogen functional groups attached to an aromatic ring is 1. The smallest absolute Gasteiger partial charge is 0.240 e. The van der Waals surface area contributed by atoms with Crippen LogP contribution in [0.25, 0.3) is 0 Å². The lowest BCUT2D eigenvalue weighted by Gasteiger charge is -2.09. The molecule has 0 aliphatic rings. The van der Waals surface area contributed by atoms with Gasteiger partial charge in [0.15, 0.2) is 0 Å². The Morgan fingerprint density at radius 3 is 2.75 bits per heavy atom. The molecule has 4 nitrogen and oxygen atoms in total. The molecule has 0 fully saturated rings. The number of nitrogens with one attached hydrogen (secondary N) is 1. The summed E-state index contributed by atoms with van der Waals surface area (Å²) in [5.41, 5.74) is 6.61. The molecule has 0 radical (unpaired) electrons. The molecule has 2 aromatic rings. The van der Waals surface area contributed by atoms with Gasteiger partial charge in [-0.15, -0.1) is 11.3 Å². The van der Waals surface area contributed by atoms with Crippen LogP contribution in [0, 0.1) is 6.92 Å². The van der Waals surface area contributed by atoms with Crippen molar-refractivity contribution in [2.24, 2.45) is 0 Å². The summed E-state index contributed by atoms with van der Waals surface area (Å²) in [5, 5.41) is 2.36. The lowest BCUT2D eigenvalue weighted by molar-refractivity contribution is 0.582. The molecule has 2 rings (SSSR count). The molecule has 0 saturated carbocycles. The van der Waals surface area contributed by atoms with Crippen LogP contribution in [0.4, 0.5) is 5.69 Å². The SMILES string of the molecule is Cc1cc(S(=O)(=O)NCCc2cccs2)cc(N)c1Cl. The van der Waals surface area contributed by atoms with Crippen LogP contribution in [0.15, 0.2) is 34.5 Å². The van der Waals surface area contributed by atoms with Crippen molar-refractivity contribution in [3.8, 4) is 0 Å². The minimum Gasteiger partial charge on any atom is -0.397 e. The lowest BCUT2D eigenvalue weighted by Crippen LogP contribution is -2.26. The second-order valence-corrected chi connectivity index (χ2v) is 7.55. The van der Waals surface area contributed by atoms with Crippen LogP contribution in [0.1, 0.15) is 10.4 Å². The standard InChI is InChI=1S/C13H15ClN2O2S2/c1-9-7-11(8-12(15)13(9)14)20(17,18)16-5-4-10-3-2-6-19-10/h2-3,6-8,16H,4-5,15H2,1H3. The molecule has 3 N–H and O–H groups in total. The van der Waals surface area contributed by atoms with E-state index in [0.29, 0.717) is 23.6 Å². The summed E-state index contributed by atoms with van der Waals surface area (Å²) in [6.45, 7) is 2.08. The molecule has 0 atom stereocenters. The van der Waals surface area contributed by atoms with Gasteiger partial charge in [-0.05, 0) is 42.5 Å². The zero-order valence-corrected chi connectivity index (χ0v) is 13.3. The molecular formula is C13H15ClN2O2S2. The maximum atomic E-state index is 12.2. The van der Waals surface area contributed by atoms with E-state index in [9.17, 15) is 8.42 Å². The Labute approximate surface area is 127 Å². The van der Waals surface area contributed by atoms with E-state index in [-0.39, 0.29) is 10.6 Å². The highest BCUT2D eigenvalue weighted by atomic mass is 35.5. The Kier molecular flexibility index (Phi) is 4.70. The summed E-state index contributed by atoms with van der Waals surface area (Å²) in [5.74, 6) is 0. The fourth-order valence-electron chi connectivity index (χ4n) is 1.76. The molecule has 0 saturated heterocycles. The van der Waals surface area contributed by atoms with Crippen LogP contribution >= 0.6 is 22.9 Å². The summed E-state index contributed by atoms with van der Waals surface area (Å²) in [4.78, 5) is 1.28. The second-order valence-electron chi connectivity index (χ2n) is 4.37. The van der Waals surface area contributed by atoms with Crippen molar-refractivity contribution in [3.63, 3.8) is 0 Å². The first-order chi connectivity index (χ1) is 9.40. The Balaban J connectivity index is 2.10. The number of rotatable bonds is 5. The highest BCUT2D eigenvalue weighted by Gasteiger charge is 2.16. The average molecular weight is 331 g/mol. The van der Waals surface area contributed by atoms with Gasteiger partial charge in [0, 0.05) is 11.4 Å². The van der Waals surface area contributed by atoms with Crippen molar-refractivity contribution in [1.29, 1.82) is 0 Å². The third-order valence-electron chi connectivity index (χ3n) is 2.81. The van der Waals surface area contributed by atoms with E-state index in [1.807, 2.05) is 17.5 Å². The summed E-state index contributed by atoms with van der Waals surface area (Å²) in [7, 11) is -3.56. The molecule has 0 unspecified atom stereocenters. The topological polar surface area (TPSA) is 72.2 Å². The van der Waals surface area contributed by atoms with Gasteiger partial charge in [0.2, 0.25) is 10.0 Å². The third-order valence-corrected chi connectivity index (χ3v) is 5.70. The summed E-state index contributed by atoms with van der Waals surface area (Å²) >= 11 is 7.54. The van der Waals surface area contributed by atoms with E-state index < -0.39 is 10.0 Å². The highest BCUT2D eigenvalue weighted by Crippen LogP contribution is 2.26. The molecule has 0 spiro atoms. The Morgan fingerprint density at radius 2 is 2.15 bits per heavy atom. The van der Waals surface area contributed by atoms with Crippen molar-refractivity contribution in [1.82, 2.24) is 4.72 Å². The Bertz CT molecular complexity index is 674. The number of anilines is 1. The van der Waals surface area contributed by atoms with Crippen LogP contribution in [-0.2, 0) is 16.4 Å². The van der Waals surface area contributed by atoms with Gasteiger partial charge in [-0.2, -0.15) is 0 Å². The van der Waals surface area contributed by atoms with Crippen molar-refractivity contribution in [2.75, 3.05) is 12.3 Å². The molecule has 108 valence electrons. The molecular weight excluding hydrogens is 316 g/mol. The van der Waals surface area contributed by atoms with E-state index in [0.717, 1.165) is 4.88 Å². The number of nitrogens with two attached hydrogens (primary N) is 1. The maximum Gasteiger partial charge on any atom is 0.240 e. The minimum atomic E-state index is -3.56. The predicted molar refractivity (Wildman–Crippen MR) is 83.8 cm³/mol. The number of sulfonamides is 1. The van der Waals surface area contributed by atoms with Gasteiger partial charge in [0.25, 0.3) is 0 Å². The first-order valence-corrected chi connectivity index (χ1v) is 8.72. The van der Waals surface area contributed by atoms with E-state index in [1.54, 1.807) is 18.3 Å². The van der Waals surface area contributed by atoms with Crippen LogP contribution < -0.4 is 10.5 Å². The lowest BCUT2D eigenvalue weighted by atomic mass is 10.2. The number of hydrogen-bond acceptors (Lipinski definition) is 4. The van der Waals surface area contributed by atoms with Crippen LogP contribution in [0.2, 0.25) is 5.02 Å². The van der Waals surface area contributed by atoms with E-state index >= 15 is 0 Å². The molecule has 0 bridgehead atoms. The van der Waals surface area contributed by atoms with Crippen molar-refractivity contribution < 1.29 is 8.42 Å². The van der Waals surface area contributed by atoms with Crippen molar-refractivity contribution in [2.45, 2.75) is 18.2 Å². The van der Waals surface area contributed by atoms with Gasteiger partial charge >= 0.3 is 0 Å². The molecule has 0 aliphatic carbocycles. The van der Waals surface area contributed by atoms with Crippen molar-refractivity contribution in [3.05, 3.63) is 45.1 Å². The van der Waals surface area contributed by atoms with Gasteiger partial charge < -0.3 is 5.73 Å². The van der Waals surface area contributed by atoms with Crippen LogP contribution in [-0.4, -0.2) is 15.0 Å². The molecule has 0 aliphatic heterocycles. The van der Waals surface area contributed by atoms with E-state index in [4.69, 9.17) is 17.3 Å². The molecule has 1 heterocycles. The fourth-order valence-corrected chi connectivity index (χ4v) is 3.73. The van der Waals surface area contributed by atoms with Crippen LogP contribution in [0.5, 0.6) is 0 Å². The van der Waals surface area contributed by atoms with Gasteiger partial charge in [-0.3, -0.25) is 0 Å². The third kappa shape index (κ3) is 3.52. The first kappa shape index (κ1) is 15.3. The van der Waals surface area contributed by atoms with Gasteiger partial charge in [-0.1, -0.05) is 17.7 Å². The van der Waals surface area contributed by atoms with Gasteiger partial charge in [0.05, 0.1) is 15.6 Å². The van der Waals surface area contributed by atoms with Gasteiger partial charge in [0.1, 0.15) is 0 Å². The highest BCUT2D eigenvalue weighted by molar-refractivity contribution is 7.89. The second kappa shape index (κ2) is 6.13. The quantitative estimate of drug-likeness (QED) is 0.828. The molecule has 1 aromatic heterocycles. The zero-order valence-electron chi connectivity index (χ0n) is 10.9. The zero-order chi connectivity index (χ0) is 14.8. The van der Waals surface area contributed by atoms with Crippen LogP contribution in [0.3, 0.4) is 0 Å². The number of benzene rings is 1. The Morgan fingerprint density at radius 1 is 1.40 bits per heavy atom. The largest absolute Gasteiger partial charge is 0.397 e. The predicted octanol–water partition coefficient (Wildman–Crippen LogP) is 2.81. The van der Waals surface area contributed by atoms with E-state index in [2.05, 4.69) is 4.72 Å². The van der Waals surface area contributed by atoms with Gasteiger partial charge in [-0.25, -0.2) is 13.1 Å². The number of hydrogen-bond donors (Lipinski definition) is 2.